The summed E-state index contributed by atoms with van der Waals surface area (Å²) < 4.78 is 5.00. The van der Waals surface area contributed by atoms with Crippen LogP contribution >= 0.6 is 0 Å². The van der Waals surface area contributed by atoms with Crippen molar-refractivity contribution < 1.29 is 24.5 Å². The minimum atomic E-state index is -0.886. The molecule has 2 aliphatic carbocycles. The van der Waals surface area contributed by atoms with Crippen molar-refractivity contribution in [2.45, 2.75) is 30.8 Å². The van der Waals surface area contributed by atoms with Crippen molar-refractivity contribution in [1.82, 2.24) is 5.32 Å². The number of hydrogen-bond donors (Lipinski definition) is 3. The van der Waals surface area contributed by atoms with Crippen molar-refractivity contribution >= 4 is 11.7 Å². The number of carbonyl (C=O) groups is 2. The van der Waals surface area contributed by atoms with Crippen LogP contribution in [0.5, 0.6) is 0 Å². The van der Waals surface area contributed by atoms with E-state index in [-0.39, 0.29) is 17.1 Å². The maximum Gasteiger partial charge on any atom is 0.254 e. The molecule has 3 N–H and O–H groups in total. The summed E-state index contributed by atoms with van der Waals surface area (Å²) in [5.41, 5.74) is 0.225. The summed E-state index contributed by atoms with van der Waals surface area (Å²) in [4.78, 5) is 23.8. The molecule has 1 aliphatic heterocycles. The van der Waals surface area contributed by atoms with E-state index in [1.807, 2.05) is 0 Å². The Hall–Kier alpha value is -1.76. The summed E-state index contributed by atoms with van der Waals surface area (Å²) >= 11 is 0. The third-order valence-electron chi connectivity index (χ3n) is 3.36. The molecule has 4 atom stereocenters. The van der Waals surface area contributed by atoms with Crippen molar-refractivity contribution in [2.75, 3.05) is 0 Å². The molecule has 0 aromatic carbocycles. The average molecular weight is 263 g/mol. The van der Waals surface area contributed by atoms with Crippen molar-refractivity contribution in [2.24, 2.45) is 0 Å². The third-order valence-corrected chi connectivity index (χ3v) is 3.36. The summed E-state index contributed by atoms with van der Waals surface area (Å²) in [6, 6.07) is 0. The van der Waals surface area contributed by atoms with Crippen LogP contribution in [0.15, 0.2) is 35.6 Å². The van der Waals surface area contributed by atoms with Crippen molar-refractivity contribution in [1.29, 1.82) is 0 Å². The Balaban J connectivity index is 1.74. The van der Waals surface area contributed by atoms with E-state index >= 15 is 0 Å². The van der Waals surface area contributed by atoms with Crippen LogP contribution in [0.4, 0.5) is 0 Å². The molecule has 0 radical (unpaired) electrons. The molecule has 0 aromatic rings. The highest BCUT2D eigenvalue weighted by Gasteiger charge is 2.53. The summed E-state index contributed by atoms with van der Waals surface area (Å²) in [6.45, 7) is 0. The topological polar surface area (TPSA) is 99.2 Å². The zero-order valence-electron chi connectivity index (χ0n) is 9.95. The van der Waals surface area contributed by atoms with E-state index in [2.05, 4.69) is 5.32 Å². The molecule has 0 bridgehead atoms. The van der Waals surface area contributed by atoms with Gasteiger partial charge < -0.3 is 20.3 Å². The van der Waals surface area contributed by atoms with Crippen LogP contribution in [0.3, 0.4) is 0 Å². The number of hydrogen-bond acceptors (Lipinski definition) is 5. The van der Waals surface area contributed by atoms with Gasteiger partial charge in [-0.1, -0.05) is 18.2 Å². The van der Waals surface area contributed by atoms with Crippen molar-refractivity contribution in [3.05, 3.63) is 35.6 Å². The molecule has 0 spiro atoms. The van der Waals surface area contributed by atoms with Crippen LogP contribution in [0, 0.1) is 0 Å². The van der Waals surface area contributed by atoms with Crippen LogP contribution in [0.25, 0.3) is 0 Å². The smallest absolute Gasteiger partial charge is 0.254 e. The molecule has 0 saturated carbocycles. The van der Waals surface area contributed by atoms with E-state index in [9.17, 15) is 19.8 Å². The standard InChI is InChI=1S/C13H13NO5/c15-8-4-2-1-3-6(8)13(18)14-7-5-9(16)11-12(19-11)10(7)17/h1-3,5,8-9,11-12,15-16H,4H2,(H,14,18)/t8-,9?,11+,12?/m0/s1. The maximum atomic E-state index is 12.0. The zero-order chi connectivity index (χ0) is 13.6. The number of epoxide rings is 1. The number of nitrogens with one attached hydrogen (secondary N) is 1. The second kappa shape index (κ2) is 4.41. The van der Waals surface area contributed by atoms with E-state index in [4.69, 9.17) is 4.74 Å². The fourth-order valence-corrected chi connectivity index (χ4v) is 2.24. The second-order valence-electron chi connectivity index (χ2n) is 4.71. The van der Waals surface area contributed by atoms with Gasteiger partial charge in [0.25, 0.3) is 5.91 Å². The molecule has 1 amide bonds. The highest BCUT2D eigenvalue weighted by Crippen LogP contribution is 2.33. The Morgan fingerprint density at radius 2 is 2.21 bits per heavy atom. The fraction of sp³-hybridized carbons (Fsp3) is 0.385. The molecule has 1 saturated heterocycles. The Bertz CT molecular complexity index is 533. The Morgan fingerprint density at radius 3 is 2.95 bits per heavy atom. The largest absolute Gasteiger partial charge is 0.388 e. The van der Waals surface area contributed by atoms with Gasteiger partial charge in [0.1, 0.15) is 12.2 Å². The van der Waals surface area contributed by atoms with Gasteiger partial charge in [-0.05, 0) is 12.5 Å². The van der Waals surface area contributed by atoms with Gasteiger partial charge in [-0.25, -0.2) is 0 Å². The molecule has 19 heavy (non-hydrogen) atoms. The van der Waals surface area contributed by atoms with E-state index < -0.39 is 30.3 Å². The summed E-state index contributed by atoms with van der Waals surface area (Å²) in [7, 11) is 0. The lowest BCUT2D eigenvalue weighted by atomic mass is 9.98. The first kappa shape index (κ1) is 12.3. The molecule has 3 rings (SSSR count). The monoisotopic (exact) mass is 263 g/mol. The van der Waals surface area contributed by atoms with Crippen LogP contribution in [-0.4, -0.2) is 46.3 Å². The molecule has 6 heteroatoms. The number of carbonyl (C=O) groups excluding carboxylic acids is 2. The fourth-order valence-electron chi connectivity index (χ4n) is 2.24. The van der Waals surface area contributed by atoms with E-state index in [1.54, 1.807) is 12.2 Å². The molecular weight excluding hydrogens is 250 g/mol. The number of fused-ring (bicyclic) bond motifs is 1. The van der Waals surface area contributed by atoms with Crippen LogP contribution in [0.2, 0.25) is 0 Å². The number of aliphatic hydroxyl groups is 2. The molecule has 100 valence electrons. The highest BCUT2D eigenvalue weighted by molar-refractivity contribution is 6.07. The minimum Gasteiger partial charge on any atom is -0.388 e. The highest BCUT2D eigenvalue weighted by atomic mass is 16.6. The van der Waals surface area contributed by atoms with Gasteiger partial charge in [-0.2, -0.15) is 0 Å². The SMILES string of the molecule is O=C(NC1=CC(O)[C@H]2OC2C1=O)C1=CC=CC[C@@H]1O. The number of ketones is 1. The van der Waals surface area contributed by atoms with E-state index in [0.29, 0.717) is 6.42 Å². The summed E-state index contributed by atoms with van der Waals surface area (Å²) in [5, 5.41) is 21.7. The van der Waals surface area contributed by atoms with Gasteiger partial charge >= 0.3 is 0 Å². The number of rotatable bonds is 2. The quantitative estimate of drug-likeness (QED) is 0.552. The lowest BCUT2D eigenvalue weighted by Gasteiger charge is -2.18. The van der Waals surface area contributed by atoms with Gasteiger partial charge in [0.2, 0.25) is 5.78 Å². The normalized spacial score (nSPS) is 36.2. The predicted octanol–water partition coefficient (Wildman–Crippen LogP) is -1.06. The number of ether oxygens (including phenoxy) is 1. The van der Waals surface area contributed by atoms with Gasteiger partial charge in [-0.3, -0.25) is 9.59 Å². The minimum absolute atomic E-state index is 0.0268. The summed E-state index contributed by atoms with van der Waals surface area (Å²) in [6.07, 6.45) is 3.68. The number of amides is 1. The Labute approximate surface area is 109 Å². The molecule has 1 heterocycles. The molecule has 0 aromatic heterocycles. The Kier molecular flexibility index (Phi) is 2.85. The first-order chi connectivity index (χ1) is 9.08. The van der Waals surface area contributed by atoms with E-state index in [0.717, 1.165) is 0 Å². The molecular formula is C13H13NO5. The first-order valence-electron chi connectivity index (χ1n) is 6.03. The molecule has 2 unspecified atom stereocenters. The molecule has 1 fully saturated rings. The van der Waals surface area contributed by atoms with Gasteiger partial charge in [0.15, 0.2) is 6.10 Å². The molecule has 6 nitrogen and oxygen atoms in total. The summed E-state index contributed by atoms with van der Waals surface area (Å²) in [5.74, 6) is -0.882. The van der Waals surface area contributed by atoms with E-state index in [1.165, 1.54) is 12.2 Å². The van der Waals surface area contributed by atoms with Crippen LogP contribution in [-0.2, 0) is 14.3 Å². The second-order valence-corrected chi connectivity index (χ2v) is 4.71. The van der Waals surface area contributed by atoms with Gasteiger partial charge in [-0.15, -0.1) is 0 Å². The van der Waals surface area contributed by atoms with Gasteiger partial charge in [0, 0.05) is 5.57 Å². The Morgan fingerprint density at radius 1 is 1.42 bits per heavy atom. The van der Waals surface area contributed by atoms with Crippen molar-refractivity contribution in [3.8, 4) is 0 Å². The average Bonchev–Trinajstić information content (AvgIpc) is 3.17. The zero-order valence-corrected chi connectivity index (χ0v) is 9.95. The molecule has 3 aliphatic rings. The lowest BCUT2D eigenvalue weighted by molar-refractivity contribution is -0.122. The maximum absolute atomic E-state index is 12.0. The number of Topliss-reactive ketones (excluding diaryl/α,β-unsaturated/α-hetero) is 1. The number of aliphatic hydroxyl groups excluding tert-OH is 2. The third kappa shape index (κ3) is 2.14. The first-order valence-corrected chi connectivity index (χ1v) is 6.03. The van der Waals surface area contributed by atoms with Crippen LogP contribution in [0.1, 0.15) is 6.42 Å². The lowest BCUT2D eigenvalue weighted by Crippen LogP contribution is -2.38. The number of allylic oxidation sites excluding steroid dienone is 2. The predicted molar refractivity (Wildman–Crippen MR) is 63.7 cm³/mol. The van der Waals surface area contributed by atoms with Crippen LogP contribution < -0.4 is 5.32 Å². The van der Waals surface area contributed by atoms with Crippen molar-refractivity contribution in [3.63, 3.8) is 0 Å². The van der Waals surface area contributed by atoms with Gasteiger partial charge in [0.05, 0.1) is 11.8 Å².